The fraction of sp³-hybridized carbons (Fsp3) is 0.125. The van der Waals surface area contributed by atoms with Crippen molar-refractivity contribution in [1.82, 2.24) is 10.6 Å². The van der Waals surface area contributed by atoms with Gasteiger partial charge >= 0.3 is 12.0 Å². The summed E-state index contributed by atoms with van der Waals surface area (Å²) in [7, 11) is -2.56. The number of esters is 1. The number of carbonyl (C=O) groups excluding carboxylic acids is 2. The van der Waals surface area contributed by atoms with Crippen molar-refractivity contribution in [3.63, 3.8) is 0 Å². The van der Waals surface area contributed by atoms with Gasteiger partial charge in [0.25, 0.3) is 0 Å². The maximum Gasteiger partial charge on any atom is 0.338 e. The Morgan fingerprint density at radius 1 is 0.825 bits per heavy atom. The Morgan fingerprint density at radius 2 is 1.32 bits per heavy atom. The highest BCUT2D eigenvalue weighted by atomic mass is 35.5. The maximum absolute atomic E-state index is 13.4. The van der Waals surface area contributed by atoms with Crippen molar-refractivity contribution in [2.45, 2.75) is 13.0 Å². The third-order valence-electron chi connectivity index (χ3n) is 6.68. The van der Waals surface area contributed by atoms with E-state index in [2.05, 4.69) is 47.0 Å². The summed E-state index contributed by atoms with van der Waals surface area (Å²) in [6.07, 6.45) is 0. The van der Waals surface area contributed by atoms with Crippen LogP contribution in [0.15, 0.2) is 131 Å². The minimum atomic E-state index is -2.56. The van der Waals surface area contributed by atoms with Gasteiger partial charge < -0.3 is 15.4 Å². The Morgan fingerprint density at radius 3 is 1.80 bits per heavy atom. The molecule has 0 aromatic heterocycles. The van der Waals surface area contributed by atoms with E-state index < -0.39 is 25.1 Å². The lowest BCUT2D eigenvalue weighted by atomic mass is 9.95. The van der Waals surface area contributed by atoms with Crippen molar-refractivity contribution in [3.8, 4) is 0 Å². The number of urea groups is 1. The van der Waals surface area contributed by atoms with Crippen molar-refractivity contribution < 1.29 is 14.3 Å². The van der Waals surface area contributed by atoms with Gasteiger partial charge in [-0.15, -0.1) is 0 Å². The van der Waals surface area contributed by atoms with Gasteiger partial charge in [-0.2, -0.15) is 0 Å². The molecule has 5 rings (SSSR count). The molecule has 4 aromatic carbocycles. The number of halogens is 1. The molecule has 1 heterocycles. The lowest BCUT2D eigenvalue weighted by molar-refractivity contribution is -0.139. The fourth-order valence-electron chi connectivity index (χ4n) is 4.90. The van der Waals surface area contributed by atoms with E-state index >= 15 is 0 Å². The molecule has 0 fully saturated rings. The molecule has 0 saturated carbocycles. The third kappa shape index (κ3) is 5.60. The Hall–Kier alpha value is -4.12. The quantitative estimate of drug-likeness (QED) is 0.211. The molecular formula is C32H29ClN3O3P. The van der Waals surface area contributed by atoms with E-state index in [0.29, 0.717) is 16.3 Å². The highest BCUT2D eigenvalue weighted by Gasteiger charge is 2.34. The van der Waals surface area contributed by atoms with Crippen LogP contribution in [0.4, 0.5) is 4.79 Å². The van der Waals surface area contributed by atoms with Gasteiger partial charge in [0.1, 0.15) is 0 Å². The molecule has 1 aliphatic heterocycles. The van der Waals surface area contributed by atoms with E-state index in [-0.39, 0.29) is 13.2 Å². The van der Waals surface area contributed by atoms with Gasteiger partial charge in [0, 0.05) is 20.9 Å². The minimum Gasteiger partial charge on any atom is -0.463 e. The zero-order valence-electron chi connectivity index (χ0n) is 22.0. The summed E-state index contributed by atoms with van der Waals surface area (Å²) in [6, 6.07) is 36.5. The van der Waals surface area contributed by atoms with Crippen molar-refractivity contribution in [2.24, 2.45) is 4.74 Å². The van der Waals surface area contributed by atoms with Crippen molar-refractivity contribution in [3.05, 3.63) is 137 Å². The molecule has 0 saturated heterocycles. The summed E-state index contributed by atoms with van der Waals surface area (Å²) < 4.78 is 10.9. The molecule has 1 unspecified atom stereocenters. The SMILES string of the molecule is CCOC(=O)C1=C(CN=P(c2ccccc2)(c2ccccc2)c2ccccc2)NC(=O)NC1c1ccc(Cl)cc1. The van der Waals surface area contributed by atoms with Crippen LogP contribution in [0.2, 0.25) is 5.02 Å². The van der Waals surface area contributed by atoms with E-state index in [1.54, 1.807) is 31.2 Å². The molecule has 2 amide bonds. The monoisotopic (exact) mass is 569 g/mol. The van der Waals surface area contributed by atoms with Gasteiger partial charge in [-0.3, -0.25) is 4.74 Å². The predicted octanol–water partition coefficient (Wildman–Crippen LogP) is 5.69. The molecular weight excluding hydrogens is 541 g/mol. The number of nitrogens with zero attached hydrogens (tertiary/aromatic N) is 1. The first-order valence-corrected chi connectivity index (χ1v) is 15.1. The second-order valence-electron chi connectivity index (χ2n) is 9.14. The third-order valence-corrected chi connectivity index (χ3v) is 10.6. The van der Waals surface area contributed by atoms with Gasteiger partial charge in [0.2, 0.25) is 0 Å². The number of rotatable bonds is 8. The number of carbonyl (C=O) groups is 2. The average Bonchev–Trinajstić information content (AvgIpc) is 2.99. The zero-order chi connectivity index (χ0) is 28.0. The molecule has 6 nitrogen and oxygen atoms in total. The lowest BCUT2D eigenvalue weighted by Crippen LogP contribution is -2.46. The van der Waals surface area contributed by atoms with Crippen LogP contribution in [0, 0.1) is 0 Å². The Balaban J connectivity index is 1.75. The van der Waals surface area contributed by atoms with Crippen LogP contribution in [-0.4, -0.2) is 25.2 Å². The van der Waals surface area contributed by atoms with Crippen LogP contribution in [0.5, 0.6) is 0 Å². The number of amides is 2. The average molecular weight is 570 g/mol. The van der Waals surface area contributed by atoms with Gasteiger partial charge in [-0.25, -0.2) is 9.59 Å². The van der Waals surface area contributed by atoms with Crippen LogP contribution in [0.25, 0.3) is 0 Å². The topological polar surface area (TPSA) is 79.8 Å². The highest BCUT2D eigenvalue weighted by Crippen LogP contribution is 2.46. The molecule has 0 aliphatic carbocycles. The Kier molecular flexibility index (Phi) is 8.49. The van der Waals surface area contributed by atoms with E-state index in [1.807, 2.05) is 54.6 Å². The normalized spacial score (nSPS) is 15.2. The van der Waals surface area contributed by atoms with Gasteiger partial charge in [-0.05, 0) is 24.6 Å². The zero-order valence-corrected chi connectivity index (χ0v) is 23.6. The molecule has 4 aromatic rings. The molecule has 0 spiro atoms. The smallest absolute Gasteiger partial charge is 0.338 e. The number of ether oxygens (including phenoxy) is 1. The summed E-state index contributed by atoms with van der Waals surface area (Å²) in [5.74, 6) is -0.511. The predicted molar refractivity (Wildman–Crippen MR) is 162 cm³/mol. The molecule has 1 aliphatic rings. The Labute approximate surface area is 239 Å². The van der Waals surface area contributed by atoms with Crippen LogP contribution in [-0.2, 0) is 9.53 Å². The summed E-state index contributed by atoms with van der Waals surface area (Å²) in [5, 5.41) is 9.52. The van der Waals surface area contributed by atoms with Gasteiger partial charge in [0.15, 0.2) is 0 Å². The minimum absolute atomic E-state index is 0.0954. The van der Waals surface area contributed by atoms with Crippen LogP contribution < -0.4 is 26.5 Å². The van der Waals surface area contributed by atoms with Crippen LogP contribution in [0.3, 0.4) is 0 Å². The number of hydrogen-bond acceptors (Lipinski definition) is 4. The molecule has 0 bridgehead atoms. The standard InChI is InChI=1S/C32H29ClN3O3P/c1-2-39-31(37)29-28(35-32(38)36-30(29)23-18-20-24(33)21-19-23)22-34-40(25-12-6-3-7-13-25,26-14-8-4-9-15-26)27-16-10-5-11-17-27/h3-21,30H,2,22H2,1H3,(H2,35,36,38). The largest absolute Gasteiger partial charge is 0.463 e. The summed E-state index contributed by atoms with van der Waals surface area (Å²) in [4.78, 5) is 26.3. The highest BCUT2D eigenvalue weighted by molar-refractivity contribution is 7.87. The first-order valence-electron chi connectivity index (χ1n) is 13.0. The Bertz CT molecular complexity index is 1470. The van der Waals surface area contributed by atoms with Crippen molar-refractivity contribution >= 4 is 46.6 Å². The van der Waals surface area contributed by atoms with Gasteiger partial charge in [0.05, 0.1) is 37.5 Å². The summed E-state index contributed by atoms with van der Waals surface area (Å²) in [5.41, 5.74) is 1.45. The maximum atomic E-state index is 13.4. The number of benzene rings is 4. The van der Waals surface area contributed by atoms with E-state index in [9.17, 15) is 9.59 Å². The summed E-state index contributed by atoms with van der Waals surface area (Å²) in [6.45, 7) is 2.05. The molecule has 0 radical (unpaired) electrons. The lowest BCUT2D eigenvalue weighted by Gasteiger charge is -2.31. The van der Waals surface area contributed by atoms with Crippen LogP contribution in [0.1, 0.15) is 18.5 Å². The molecule has 40 heavy (non-hydrogen) atoms. The molecule has 2 N–H and O–H groups in total. The van der Waals surface area contributed by atoms with Gasteiger partial charge in [-0.1, -0.05) is 115 Å². The second kappa shape index (κ2) is 12.4. The van der Waals surface area contributed by atoms with E-state index in [4.69, 9.17) is 21.1 Å². The fourth-order valence-corrected chi connectivity index (χ4v) is 8.57. The molecule has 1 atom stereocenters. The first-order chi connectivity index (χ1) is 19.5. The molecule has 202 valence electrons. The van der Waals surface area contributed by atoms with E-state index in [0.717, 1.165) is 21.5 Å². The first kappa shape index (κ1) is 27.4. The van der Waals surface area contributed by atoms with Crippen LogP contribution >= 0.6 is 18.7 Å². The second-order valence-corrected chi connectivity index (χ2v) is 12.7. The van der Waals surface area contributed by atoms with Crippen molar-refractivity contribution in [2.75, 3.05) is 13.2 Å². The van der Waals surface area contributed by atoms with Crippen molar-refractivity contribution in [1.29, 1.82) is 0 Å². The van der Waals surface area contributed by atoms with E-state index in [1.165, 1.54) is 0 Å². The summed E-state index contributed by atoms with van der Waals surface area (Å²) >= 11 is 6.12. The number of nitrogens with one attached hydrogen (secondary N) is 2. The number of hydrogen-bond donors (Lipinski definition) is 2. The molecule has 8 heteroatoms.